The number of para-hydroxylation sites is 1. The summed E-state index contributed by atoms with van der Waals surface area (Å²) in [6.07, 6.45) is 1.25. The minimum absolute atomic E-state index is 0.201. The largest absolute Gasteiger partial charge is 0.415 e. The van der Waals surface area contributed by atoms with E-state index in [1.807, 2.05) is 39.0 Å². The second-order valence-electron chi connectivity index (χ2n) is 7.90. The first kappa shape index (κ1) is 18.6. The molecule has 7 nitrogen and oxygen atoms in total. The molecule has 1 unspecified atom stereocenters. The van der Waals surface area contributed by atoms with Crippen LogP contribution in [0.25, 0.3) is 10.3 Å². The van der Waals surface area contributed by atoms with Crippen molar-refractivity contribution in [2.75, 3.05) is 6.54 Å². The Hall–Kier alpha value is -2.74. The van der Waals surface area contributed by atoms with Gasteiger partial charge in [-0.1, -0.05) is 50.3 Å². The van der Waals surface area contributed by atoms with E-state index in [-0.39, 0.29) is 17.0 Å². The van der Waals surface area contributed by atoms with Crippen LogP contribution in [0, 0.1) is 0 Å². The van der Waals surface area contributed by atoms with Crippen molar-refractivity contribution in [3.8, 4) is 5.75 Å². The molecule has 1 aliphatic heterocycles. The molecule has 4 rings (SSSR count). The number of thiazole rings is 1. The van der Waals surface area contributed by atoms with E-state index in [0.29, 0.717) is 28.5 Å². The van der Waals surface area contributed by atoms with Crippen LogP contribution >= 0.6 is 11.3 Å². The van der Waals surface area contributed by atoms with E-state index < -0.39 is 6.09 Å². The molecule has 0 spiro atoms. The van der Waals surface area contributed by atoms with Crippen LogP contribution in [0.3, 0.4) is 0 Å². The number of hydrogen-bond donors (Lipinski definition) is 1. The number of aromatic amines is 1. The summed E-state index contributed by atoms with van der Waals surface area (Å²) in [7, 11) is 0. The predicted octanol–water partition coefficient (Wildman–Crippen LogP) is 4.01. The minimum Gasteiger partial charge on any atom is -0.410 e. The lowest BCUT2D eigenvalue weighted by molar-refractivity contribution is 0.147. The Morgan fingerprint density at radius 3 is 2.71 bits per heavy atom. The molecule has 1 atom stereocenters. The van der Waals surface area contributed by atoms with Crippen molar-refractivity contribution < 1.29 is 9.53 Å². The number of nitrogens with one attached hydrogen (secondary N) is 1. The monoisotopic (exact) mass is 398 g/mol. The molecule has 3 heterocycles. The molecule has 1 fully saturated rings. The van der Waals surface area contributed by atoms with E-state index >= 15 is 0 Å². The number of ether oxygens (including phenoxy) is 1. The van der Waals surface area contributed by atoms with Crippen molar-refractivity contribution in [2.45, 2.75) is 45.1 Å². The van der Waals surface area contributed by atoms with Crippen molar-refractivity contribution in [3.63, 3.8) is 0 Å². The maximum Gasteiger partial charge on any atom is 0.415 e. The minimum atomic E-state index is -0.398. The molecule has 1 aliphatic rings. The zero-order valence-electron chi connectivity index (χ0n) is 16.1. The van der Waals surface area contributed by atoms with Gasteiger partial charge in [0, 0.05) is 12.0 Å². The van der Waals surface area contributed by atoms with Crippen molar-refractivity contribution in [1.82, 2.24) is 19.9 Å². The van der Waals surface area contributed by atoms with Crippen LogP contribution in [-0.4, -0.2) is 32.5 Å². The summed E-state index contributed by atoms with van der Waals surface area (Å²) in [4.78, 5) is 39.4. The van der Waals surface area contributed by atoms with E-state index in [0.717, 1.165) is 17.8 Å². The van der Waals surface area contributed by atoms with Gasteiger partial charge in [0.1, 0.15) is 16.6 Å². The second-order valence-corrected chi connectivity index (χ2v) is 8.91. The third-order valence-electron chi connectivity index (χ3n) is 4.72. The van der Waals surface area contributed by atoms with Crippen LogP contribution < -0.4 is 10.3 Å². The molecule has 2 aromatic heterocycles. The number of rotatable bonds is 2. The summed E-state index contributed by atoms with van der Waals surface area (Å²) < 4.78 is 5.49. The molecule has 0 bridgehead atoms. The Kier molecular flexibility index (Phi) is 4.66. The highest BCUT2D eigenvalue weighted by Crippen LogP contribution is 2.36. The first-order chi connectivity index (χ1) is 13.3. The van der Waals surface area contributed by atoms with E-state index in [1.54, 1.807) is 17.0 Å². The number of carbonyl (C=O) groups excluding carboxylic acids is 1. The fourth-order valence-corrected chi connectivity index (χ4v) is 4.32. The average Bonchev–Trinajstić information content (AvgIpc) is 3.28. The summed E-state index contributed by atoms with van der Waals surface area (Å²) in [6, 6.07) is 8.81. The lowest BCUT2D eigenvalue weighted by Crippen LogP contribution is -2.33. The predicted molar refractivity (Wildman–Crippen MR) is 108 cm³/mol. The molecule has 146 valence electrons. The number of H-pyrrole nitrogens is 1. The lowest BCUT2D eigenvalue weighted by atomic mass is 9.96. The first-order valence-electron chi connectivity index (χ1n) is 9.27. The van der Waals surface area contributed by atoms with Crippen LogP contribution in [0.2, 0.25) is 0 Å². The van der Waals surface area contributed by atoms with Gasteiger partial charge in [0.25, 0.3) is 5.56 Å². The van der Waals surface area contributed by atoms with Gasteiger partial charge < -0.3 is 9.72 Å². The smallest absolute Gasteiger partial charge is 0.410 e. The molecule has 28 heavy (non-hydrogen) atoms. The van der Waals surface area contributed by atoms with Gasteiger partial charge in [-0.2, -0.15) is 0 Å². The summed E-state index contributed by atoms with van der Waals surface area (Å²) in [6.45, 7) is 6.59. The quantitative estimate of drug-likeness (QED) is 0.704. The third-order valence-corrected chi connectivity index (χ3v) is 5.77. The van der Waals surface area contributed by atoms with Gasteiger partial charge in [0.2, 0.25) is 0 Å². The average molecular weight is 398 g/mol. The van der Waals surface area contributed by atoms with Crippen LogP contribution in [0.4, 0.5) is 4.79 Å². The molecule has 3 aromatic rings. The molecule has 1 saturated heterocycles. The summed E-state index contributed by atoms with van der Waals surface area (Å²) >= 11 is 1.37. The number of likely N-dealkylation sites (tertiary alicyclic amines) is 1. The fourth-order valence-electron chi connectivity index (χ4n) is 3.24. The zero-order valence-corrected chi connectivity index (χ0v) is 16.9. The summed E-state index contributed by atoms with van der Waals surface area (Å²) in [5.74, 6) is 1.14. The Balaban J connectivity index is 1.64. The maximum atomic E-state index is 12.7. The molecule has 0 aliphatic carbocycles. The fraction of sp³-hybridized carbons (Fsp3) is 0.400. The summed E-state index contributed by atoms with van der Waals surface area (Å²) in [5, 5.41) is 0.724. The van der Waals surface area contributed by atoms with Crippen LogP contribution in [0.15, 0.2) is 35.1 Å². The van der Waals surface area contributed by atoms with Crippen molar-refractivity contribution in [1.29, 1.82) is 0 Å². The third kappa shape index (κ3) is 3.52. The Morgan fingerprint density at radius 1 is 1.25 bits per heavy atom. The highest BCUT2D eigenvalue weighted by Gasteiger charge is 2.34. The molecule has 0 radical (unpaired) electrons. The van der Waals surface area contributed by atoms with E-state index in [2.05, 4.69) is 15.0 Å². The van der Waals surface area contributed by atoms with Gasteiger partial charge >= 0.3 is 6.09 Å². The zero-order chi connectivity index (χ0) is 19.9. The molecular weight excluding hydrogens is 376 g/mol. The number of aromatic nitrogens is 3. The van der Waals surface area contributed by atoms with Crippen molar-refractivity contribution >= 4 is 27.8 Å². The Bertz CT molecular complexity index is 1070. The molecule has 1 N–H and O–H groups in total. The number of benzene rings is 1. The topological polar surface area (TPSA) is 88.2 Å². The van der Waals surface area contributed by atoms with Crippen LogP contribution in [-0.2, 0) is 5.41 Å². The molecule has 0 saturated carbocycles. The molecule has 1 aromatic carbocycles. The van der Waals surface area contributed by atoms with E-state index in [4.69, 9.17) is 4.74 Å². The van der Waals surface area contributed by atoms with Crippen LogP contribution in [0.1, 0.15) is 50.5 Å². The Labute approximate surface area is 166 Å². The van der Waals surface area contributed by atoms with Gasteiger partial charge in [-0.15, -0.1) is 0 Å². The number of nitrogens with zero attached hydrogens (tertiary/aromatic N) is 3. The number of amides is 1. The van der Waals surface area contributed by atoms with Crippen molar-refractivity contribution in [3.05, 3.63) is 51.5 Å². The van der Waals surface area contributed by atoms with Gasteiger partial charge in [0.05, 0.1) is 6.04 Å². The highest BCUT2D eigenvalue weighted by atomic mass is 32.1. The van der Waals surface area contributed by atoms with Crippen molar-refractivity contribution in [2.24, 2.45) is 0 Å². The van der Waals surface area contributed by atoms with Gasteiger partial charge in [-0.05, 0) is 25.0 Å². The Morgan fingerprint density at radius 2 is 2.00 bits per heavy atom. The number of carbonyl (C=O) groups is 1. The lowest BCUT2D eigenvalue weighted by Gasteiger charge is -2.22. The van der Waals surface area contributed by atoms with Crippen LogP contribution in [0.5, 0.6) is 5.75 Å². The SMILES string of the molecule is CC(C)(C)c1nc2sc(C3CCCN3C(=O)Oc3ccccc3)nc2c(=O)[nH]1. The second kappa shape index (κ2) is 7.01. The van der Waals surface area contributed by atoms with Gasteiger partial charge in [-0.25, -0.2) is 14.8 Å². The highest BCUT2D eigenvalue weighted by molar-refractivity contribution is 7.18. The first-order valence-corrected chi connectivity index (χ1v) is 10.1. The van der Waals surface area contributed by atoms with E-state index in [9.17, 15) is 9.59 Å². The maximum absolute atomic E-state index is 12.7. The standard InChI is InChI=1S/C20H22N4O3S/c1-20(2,3)18-22-15(25)14-17(23-18)28-16(21-14)13-10-7-11-24(13)19(26)27-12-8-5-4-6-9-12/h4-6,8-9,13H,7,10-11H2,1-3H3,(H,22,23,25). The normalized spacial score (nSPS) is 17.2. The molecular formula is C20H22N4O3S. The number of fused-ring (bicyclic) bond motifs is 1. The van der Waals surface area contributed by atoms with Gasteiger partial charge in [0.15, 0.2) is 10.3 Å². The van der Waals surface area contributed by atoms with E-state index in [1.165, 1.54) is 11.3 Å². The number of hydrogen-bond acceptors (Lipinski definition) is 6. The van der Waals surface area contributed by atoms with Gasteiger partial charge in [-0.3, -0.25) is 9.69 Å². The molecule has 1 amide bonds. The molecule has 8 heteroatoms. The summed E-state index contributed by atoms with van der Waals surface area (Å²) in [5.41, 5.74) is -0.179.